The average molecular weight is 395 g/mol. The van der Waals surface area contributed by atoms with Crippen molar-refractivity contribution in [3.63, 3.8) is 0 Å². The molecule has 1 aromatic carbocycles. The molecule has 0 aromatic heterocycles. The number of benzene rings is 1. The van der Waals surface area contributed by atoms with E-state index in [0.29, 0.717) is 12.2 Å². The fraction of sp³-hybridized carbons (Fsp3) is 0.417. The van der Waals surface area contributed by atoms with Gasteiger partial charge >= 0.3 is 5.97 Å². The Morgan fingerprint density at radius 1 is 1.63 bits per heavy atom. The van der Waals surface area contributed by atoms with E-state index in [-0.39, 0.29) is 32.1 Å². The fourth-order valence-corrected chi connectivity index (χ4v) is 4.20. The third-order valence-corrected chi connectivity index (χ3v) is 5.77. The zero-order valence-corrected chi connectivity index (χ0v) is 13.0. The Kier molecular flexibility index (Phi) is 2.83. The van der Waals surface area contributed by atoms with E-state index in [2.05, 4.69) is 36.6 Å². The fourth-order valence-electron chi connectivity index (χ4n) is 2.58. The first-order chi connectivity index (χ1) is 8.89. The van der Waals surface area contributed by atoms with E-state index < -0.39 is 11.8 Å². The third-order valence-electron chi connectivity index (χ3n) is 3.61. The van der Waals surface area contributed by atoms with Gasteiger partial charge in [0.2, 0.25) is 0 Å². The zero-order chi connectivity index (χ0) is 13.9. The van der Waals surface area contributed by atoms with E-state index in [9.17, 15) is 9.18 Å². The summed E-state index contributed by atoms with van der Waals surface area (Å²) >= 11 is 7.01. The first kappa shape index (κ1) is 13.2. The van der Waals surface area contributed by atoms with Crippen molar-refractivity contribution in [2.45, 2.75) is 9.15 Å². The number of rotatable bonds is 1. The van der Waals surface area contributed by atoms with Crippen molar-refractivity contribution >= 4 is 43.5 Å². The van der Waals surface area contributed by atoms with Crippen molar-refractivity contribution in [2.24, 2.45) is 5.92 Å². The van der Waals surface area contributed by atoms with Gasteiger partial charge in [-0.15, -0.1) is 0 Å². The molecule has 7 heteroatoms. The van der Waals surface area contributed by atoms with Gasteiger partial charge in [0.15, 0.2) is 0 Å². The van der Waals surface area contributed by atoms with Crippen molar-refractivity contribution in [3.05, 3.63) is 23.0 Å². The summed E-state index contributed by atoms with van der Waals surface area (Å²) in [5.41, 5.74) is 6.20. The van der Waals surface area contributed by atoms with E-state index >= 15 is 0 Å². The van der Waals surface area contributed by atoms with E-state index in [1.807, 2.05) is 0 Å². The number of anilines is 1. The second-order valence-electron chi connectivity index (χ2n) is 4.63. The largest absolute Gasteiger partial charge is 0.492 e. The Hall–Kier alpha value is -0.820. The van der Waals surface area contributed by atoms with Crippen LogP contribution in [0.4, 0.5) is 10.1 Å². The van der Waals surface area contributed by atoms with Crippen LogP contribution < -0.4 is 10.5 Å². The molecule has 2 N–H and O–H groups in total. The molecule has 1 saturated carbocycles. The molecular weight excluding hydrogens is 385 g/mol. The smallest absolute Gasteiger partial charge is 0.343 e. The van der Waals surface area contributed by atoms with Crippen LogP contribution >= 0.6 is 31.9 Å². The molecule has 1 aliphatic carbocycles. The highest BCUT2D eigenvalue weighted by molar-refractivity contribution is 9.25. The number of nitrogen functional groups attached to an aromatic ring is 1. The summed E-state index contributed by atoms with van der Waals surface area (Å²) in [6.07, 6.45) is 0. The lowest BCUT2D eigenvalue weighted by atomic mass is 9.99. The molecule has 2 unspecified atom stereocenters. The molecule has 1 heterocycles. The van der Waals surface area contributed by atoms with Crippen LogP contribution in [0.1, 0.15) is 21.8 Å². The van der Waals surface area contributed by atoms with Crippen LogP contribution in [-0.2, 0) is 4.74 Å². The van der Waals surface area contributed by atoms with Crippen molar-refractivity contribution in [3.8, 4) is 5.75 Å². The molecule has 0 radical (unpaired) electrons. The van der Waals surface area contributed by atoms with Gasteiger partial charge in [0.1, 0.15) is 17.1 Å². The summed E-state index contributed by atoms with van der Waals surface area (Å²) < 4.78 is 24.0. The predicted octanol–water partition coefficient (Wildman–Crippen LogP) is 2.79. The maximum absolute atomic E-state index is 14.1. The topological polar surface area (TPSA) is 61.5 Å². The molecule has 0 amide bonds. The number of nitrogens with two attached hydrogens (primary N) is 1. The SMILES string of the molecule is COC(=O)c1c(N)cc(F)c2c1OCC1C2C1(Br)Br. The Morgan fingerprint density at radius 3 is 2.95 bits per heavy atom. The standard InChI is InChI=1S/C12H10Br2FNO3/c1-18-11(17)8-6(16)2-5(15)7-9-4(12(9,13)14)3-19-10(7)8/h2,4,9H,3,16H2,1H3. The average Bonchev–Trinajstić information content (AvgIpc) is 2.91. The highest BCUT2D eigenvalue weighted by Gasteiger charge is 2.66. The number of carbonyl (C=O) groups excluding carboxylic acids is 1. The quantitative estimate of drug-likeness (QED) is 0.452. The molecule has 1 fully saturated rings. The molecule has 3 rings (SSSR count). The van der Waals surface area contributed by atoms with Crippen LogP contribution in [0.25, 0.3) is 0 Å². The van der Waals surface area contributed by atoms with Gasteiger partial charge in [0, 0.05) is 17.4 Å². The van der Waals surface area contributed by atoms with Crippen molar-refractivity contribution in [1.82, 2.24) is 0 Å². The van der Waals surface area contributed by atoms with Gasteiger partial charge < -0.3 is 15.2 Å². The normalized spacial score (nSPS) is 25.9. The molecule has 0 bridgehead atoms. The lowest BCUT2D eigenvalue weighted by Crippen LogP contribution is -2.17. The number of alkyl halides is 2. The predicted molar refractivity (Wildman–Crippen MR) is 74.5 cm³/mol. The lowest BCUT2D eigenvalue weighted by Gasteiger charge is -2.20. The van der Waals surface area contributed by atoms with Crippen molar-refractivity contribution in [1.29, 1.82) is 0 Å². The number of hydrogen-bond acceptors (Lipinski definition) is 4. The van der Waals surface area contributed by atoms with Crippen LogP contribution in [0.3, 0.4) is 0 Å². The first-order valence-electron chi connectivity index (χ1n) is 5.60. The molecule has 4 nitrogen and oxygen atoms in total. The summed E-state index contributed by atoms with van der Waals surface area (Å²) in [5, 5.41) is 0. The zero-order valence-electron chi connectivity index (χ0n) is 9.88. The van der Waals surface area contributed by atoms with Crippen LogP contribution in [0.5, 0.6) is 5.75 Å². The molecule has 2 atom stereocenters. The summed E-state index contributed by atoms with van der Waals surface area (Å²) in [5.74, 6) is -0.839. The molecule has 19 heavy (non-hydrogen) atoms. The second kappa shape index (κ2) is 4.09. The van der Waals surface area contributed by atoms with Crippen molar-refractivity contribution in [2.75, 3.05) is 19.5 Å². The Labute approximate surface area is 125 Å². The molecule has 102 valence electrons. The number of halogens is 3. The number of methoxy groups -OCH3 is 1. The maximum Gasteiger partial charge on any atom is 0.343 e. The maximum atomic E-state index is 14.1. The molecule has 0 spiro atoms. The summed E-state index contributed by atoms with van der Waals surface area (Å²) in [7, 11) is 1.25. The van der Waals surface area contributed by atoms with Gasteiger partial charge in [0.25, 0.3) is 0 Å². The van der Waals surface area contributed by atoms with Crippen LogP contribution in [0.15, 0.2) is 6.07 Å². The number of carbonyl (C=O) groups is 1. The number of fused-ring (bicyclic) bond motifs is 3. The van der Waals surface area contributed by atoms with Crippen LogP contribution in [0, 0.1) is 11.7 Å². The number of ether oxygens (including phenoxy) is 2. The molecule has 0 saturated heterocycles. The van der Waals surface area contributed by atoms with Crippen LogP contribution in [-0.4, -0.2) is 22.9 Å². The minimum Gasteiger partial charge on any atom is -0.492 e. The van der Waals surface area contributed by atoms with Crippen LogP contribution in [0.2, 0.25) is 0 Å². The second-order valence-corrected chi connectivity index (χ2v) is 8.32. The minimum atomic E-state index is -0.623. The molecule has 1 aliphatic heterocycles. The Morgan fingerprint density at radius 2 is 2.32 bits per heavy atom. The van der Waals surface area contributed by atoms with E-state index in [1.54, 1.807) is 0 Å². The van der Waals surface area contributed by atoms with Gasteiger partial charge in [-0.3, -0.25) is 0 Å². The monoisotopic (exact) mass is 393 g/mol. The summed E-state index contributed by atoms with van der Waals surface area (Å²) in [6.45, 7) is 0.390. The Balaban J connectivity index is 2.21. The van der Waals surface area contributed by atoms with E-state index in [0.717, 1.165) is 6.07 Å². The molecular formula is C12H10Br2FNO3. The number of esters is 1. The highest BCUT2D eigenvalue weighted by atomic mass is 79.9. The van der Waals surface area contributed by atoms with Gasteiger partial charge in [-0.05, 0) is 6.07 Å². The van der Waals surface area contributed by atoms with Gasteiger partial charge in [-0.2, -0.15) is 0 Å². The van der Waals surface area contributed by atoms with Gasteiger partial charge in [0.05, 0.1) is 22.6 Å². The number of hydrogen-bond donors (Lipinski definition) is 1. The van der Waals surface area contributed by atoms with Gasteiger partial charge in [-0.1, -0.05) is 31.9 Å². The summed E-state index contributed by atoms with van der Waals surface area (Å²) in [6, 6.07) is 1.14. The van der Waals surface area contributed by atoms with E-state index in [4.69, 9.17) is 10.5 Å². The molecule has 2 aliphatic rings. The molecule has 1 aromatic rings. The summed E-state index contributed by atoms with van der Waals surface area (Å²) in [4.78, 5) is 11.8. The van der Waals surface area contributed by atoms with Gasteiger partial charge in [-0.25, -0.2) is 9.18 Å². The Bertz CT molecular complexity index is 591. The third kappa shape index (κ3) is 1.71. The highest BCUT2D eigenvalue weighted by Crippen LogP contribution is 2.71. The minimum absolute atomic E-state index is 0.0249. The van der Waals surface area contributed by atoms with Crippen molar-refractivity contribution < 1.29 is 18.7 Å². The lowest BCUT2D eigenvalue weighted by molar-refractivity contribution is 0.0596. The van der Waals surface area contributed by atoms with E-state index in [1.165, 1.54) is 7.11 Å². The first-order valence-corrected chi connectivity index (χ1v) is 7.19.